The number of fused-ring (bicyclic) bond motifs is 4. The predicted octanol–water partition coefficient (Wildman–Crippen LogP) is 6.29. The maximum absolute atomic E-state index is 13.4. The van der Waals surface area contributed by atoms with Crippen molar-refractivity contribution >= 4 is 11.6 Å². The number of carbonyl (C=O) groups excluding carboxylic acids is 2. The van der Waals surface area contributed by atoms with E-state index in [-0.39, 0.29) is 11.6 Å². The summed E-state index contributed by atoms with van der Waals surface area (Å²) in [7, 11) is 0. The van der Waals surface area contributed by atoms with Crippen molar-refractivity contribution in [3.05, 3.63) is 118 Å². The molecule has 4 aromatic carbocycles. The van der Waals surface area contributed by atoms with Crippen LogP contribution >= 0.6 is 0 Å². The van der Waals surface area contributed by atoms with E-state index in [1.54, 1.807) is 43.3 Å². The molecular weight excluding hydrogens is 452 g/mol. The Hall–Kier alpha value is -4.38. The van der Waals surface area contributed by atoms with Gasteiger partial charge in [0, 0.05) is 27.8 Å². The second kappa shape index (κ2) is 8.38. The minimum atomic E-state index is -0.544. The van der Waals surface area contributed by atoms with Crippen LogP contribution in [0.1, 0.15) is 49.9 Å². The Bertz CT molecular complexity index is 1500. The number of ketones is 2. The maximum Gasteiger partial charge on any atom is 0.193 e. The molecular formula is C31H24O5. The zero-order chi connectivity index (χ0) is 24.9. The van der Waals surface area contributed by atoms with E-state index in [4.69, 9.17) is 14.2 Å². The minimum absolute atomic E-state index is 0.00211. The third-order valence-corrected chi connectivity index (χ3v) is 6.98. The van der Waals surface area contributed by atoms with Gasteiger partial charge < -0.3 is 14.2 Å². The highest BCUT2D eigenvalue weighted by molar-refractivity contribution is 6.09. The Morgan fingerprint density at radius 1 is 0.694 bits per heavy atom. The van der Waals surface area contributed by atoms with Crippen LogP contribution in [0.5, 0.6) is 23.0 Å². The van der Waals surface area contributed by atoms with Gasteiger partial charge in [0.05, 0.1) is 5.41 Å². The summed E-state index contributed by atoms with van der Waals surface area (Å²) >= 11 is 0. The number of ether oxygens (including phenoxy) is 3. The standard InChI is InChI=1S/C31H24O5/c1-19-3-9-24(10-4-19)36-25-11-5-21(6-12-25)30(33)23-8-14-29-27(16-23)31(18-35-29)17-34-28-13-7-22(20(2)32)15-26(28)31/h3-16H,17-18H2,1-2H3. The average Bonchev–Trinajstić information content (AvgIpc) is 3.46. The summed E-state index contributed by atoms with van der Waals surface area (Å²) in [5.41, 5.74) is 4.23. The van der Waals surface area contributed by atoms with Gasteiger partial charge in [0.1, 0.15) is 36.2 Å². The first-order valence-corrected chi connectivity index (χ1v) is 11.9. The van der Waals surface area contributed by atoms with Gasteiger partial charge in [-0.05, 0) is 86.6 Å². The van der Waals surface area contributed by atoms with E-state index in [1.165, 1.54) is 0 Å². The van der Waals surface area contributed by atoms with E-state index < -0.39 is 5.41 Å². The van der Waals surface area contributed by atoms with Gasteiger partial charge in [0.15, 0.2) is 11.6 Å². The lowest BCUT2D eigenvalue weighted by atomic mass is 9.76. The van der Waals surface area contributed by atoms with E-state index in [9.17, 15) is 9.59 Å². The van der Waals surface area contributed by atoms with Gasteiger partial charge in [-0.1, -0.05) is 17.7 Å². The fourth-order valence-electron chi connectivity index (χ4n) is 4.90. The summed E-state index contributed by atoms with van der Waals surface area (Å²) < 4.78 is 17.9. The molecule has 2 aliphatic heterocycles. The van der Waals surface area contributed by atoms with Gasteiger partial charge in [-0.3, -0.25) is 9.59 Å². The summed E-state index contributed by atoms with van der Waals surface area (Å²) in [6.45, 7) is 4.38. The smallest absolute Gasteiger partial charge is 0.193 e. The van der Waals surface area contributed by atoms with E-state index >= 15 is 0 Å². The van der Waals surface area contributed by atoms with Crippen LogP contribution in [-0.4, -0.2) is 24.8 Å². The van der Waals surface area contributed by atoms with Gasteiger partial charge in [-0.25, -0.2) is 0 Å². The molecule has 0 saturated carbocycles. The average molecular weight is 477 g/mol. The third kappa shape index (κ3) is 3.64. The molecule has 36 heavy (non-hydrogen) atoms. The fourth-order valence-corrected chi connectivity index (χ4v) is 4.90. The monoisotopic (exact) mass is 476 g/mol. The molecule has 1 atom stereocenters. The Morgan fingerprint density at radius 2 is 1.19 bits per heavy atom. The fraction of sp³-hybridized carbons (Fsp3) is 0.161. The van der Waals surface area contributed by atoms with Crippen LogP contribution < -0.4 is 14.2 Å². The molecule has 0 fully saturated rings. The van der Waals surface area contributed by atoms with E-state index in [1.807, 2.05) is 55.5 Å². The SMILES string of the molecule is CC(=O)c1ccc2c(c1)C1(CO2)COc2ccc(C(=O)c3ccc(Oc4ccc(C)cc4)cc3)cc21. The van der Waals surface area contributed by atoms with Crippen molar-refractivity contribution in [3.63, 3.8) is 0 Å². The molecule has 0 aromatic heterocycles. The molecule has 2 aliphatic rings. The highest BCUT2D eigenvalue weighted by Gasteiger charge is 2.49. The van der Waals surface area contributed by atoms with Crippen molar-refractivity contribution in [1.29, 1.82) is 0 Å². The maximum atomic E-state index is 13.4. The van der Waals surface area contributed by atoms with Crippen molar-refractivity contribution in [2.45, 2.75) is 19.3 Å². The Morgan fingerprint density at radius 3 is 1.78 bits per heavy atom. The van der Waals surface area contributed by atoms with Gasteiger partial charge in [0.2, 0.25) is 0 Å². The zero-order valence-corrected chi connectivity index (χ0v) is 20.0. The molecule has 2 heterocycles. The summed E-state index contributed by atoms with van der Waals surface area (Å²) in [5.74, 6) is 2.81. The topological polar surface area (TPSA) is 61.8 Å². The molecule has 0 radical (unpaired) electrons. The molecule has 0 amide bonds. The Kier molecular flexibility index (Phi) is 5.15. The molecule has 0 aliphatic carbocycles. The summed E-state index contributed by atoms with van der Waals surface area (Å²) in [4.78, 5) is 25.4. The van der Waals surface area contributed by atoms with Crippen LogP contribution in [-0.2, 0) is 5.41 Å². The van der Waals surface area contributed by atoms with Crippen LogP contribution in [0.3, 0.4) is 0 Å². The molecule has 178 valence electrons. The van der Waals surface area contributed by atoms with E-state index in [0.717, 1.165) is 33.9 Å². The number of hydrogen-bond acceptors (Lipinski definition) is 5. The number of hydrogen-bond donors (Lipinski definition) is 0. The number of benzene rings is 4. The third-order valence-electron chi connectivity index (χ3n) is 6.98. The van der Waals surface area contributed by atoms with Crippen molar-refractivity contribution in [2.24, 2.45) is 0 Å². The lowest BCUT2D eigenvalue weighted by Crippen LogP contribution is -2.31. The normalized spacial score (nSPS) is 17.2. The summed E-state index contributed by atoms with van der Waals surface area (Å²) in [6, 6.07) is 26.0. The second-order valence-electron chi connectivity index (χ2n) is 9.41. The number of rotatable bonds is 5. The first-order valence-electron chi connectivity index (χ1n) is 11.9. The van der Waals surface area contributed by atoms with Crippen molar-refractivity contribution in [1.82, 2.24) is 0 Å². The van der Waals surface area contributed by atoms with Crippen molar-refractivity contribution in [2.75, 3.05) is 13.2 Å². The molecule has 1 unspecified atom stereocenters. The highest BCUT2D eigenvalue weighted by Crippen LogP contribution is 2.50. The van der Waals surface area contributed by atoms with Crippen molar-refractivity contribution < 1.29 is 23.8 Å². The largest absolute Gasteiger partial charge is 0.492 e. The molecule has 1 spiro atoms. The van der Waals surface area contributed by atoms with Gasteiger partial charge in [0.25, 0.3) is 0 Å². The molecule has 6 rings (SSSR count). The van der Waals surface area contributed by atoms with Gasteiger partial charge >= 0.3 is 0 Å². The Balaban J connectivity index is 1.29. The van der Waals surface area contributed by atoms with Crippen LogP contribution in [0.2, 0.25) is 0 Å². The molecule has 4 aromatic rings. The van der Waals surface area contributed by atoms with Gasteiger partial charge in [-0.15, -0.1) is 0 Å². The van der Waals surface area contributed by atoms with Crippen LogP contribution in [0.25, 0.3) is 0 Å². The molecule has 5 nitrogen and oxygen atoms in total. The number of carbonyl (C=O) groups is 2. The first-order chi connectivity index (χ1) is 17.4. The second-order valence-corrected chi connectivity index (χ2v) is 9.41. The van der Waals surface area contributed by atoms with Crippen LogP contribution in [0.4, 0.5) is 0 Å². The predicted molar refractivity (Wildman–Crippen MR) is 136 cm³/mol. The Labute approximate surface area is 209 Å². The molecule has 0 N–H and O–H groups in total. The quantitative estimate of drug-likeness (QED) is 0.317. The van der Waals surface area contributed by atoms with E-state index in [2.05, 4.69) is 0 Å². The highest BCUT2D eigenvalue weighted by atomic mass is 16.5. The lowest BCUT2D eigenvalue weighted by Gasteiger charge is -2.21. The van der Waals surface area contributed by atoms with Gasteiger partial charge in [-0.2, -0.15) is 0 Å². The summed E-state index contributed by atoms with van der Waals surface area (Å²) in [6.07, 6.45) is 0. The zero-order valence-electron chi connectivity index (χ0n) is 20.0. The molecule has 0 bridgehead atoms. The molecule has 5 heteroatoms. The molecule has 0 saturated heterocycles. The number of Topliss-reactive ketones (excluding diaryl/α,β-unsaturated/α-hetero) is 1. The van der Waals surface area contributed by atoms with E-state index in [0.29, 0.717) is 35.7 Å². The minimum Gasteiger partial charge on any atom is -0.492 e. The summed E-state index contributed by atoms with van der Waals surface area (Å²) in [5, 5.41) is 0. The van der Waals surface area contributed by atoms with Crippen molar-refractivity contribution in [3.8, 4) is 23.0 Å². The lowest BCUT2D eigenvalue weighted by molar-refractivity contribution is 0.101. The van der Waals surface area contributed by atoms with Crippen LogP contribution in [0.15, 0.2) is 84.9 Å². The number of aryl methyl sites for hydroxylation is 1. The van der Waals surface area contributed by atoms with Crippen LogP contribution in [0, 0.1) is 6.92 Å². The first kappa shape index (κ1) is 22.1.